The Labute approximate surface area is 236 Å². The van der Waals surface area contributed by atoms with Crippen LogP contribution in [0.5, 0.6) is 0 Å². The topological polar surface area (TPSA) is 17.0 Å². The molecule has 0 N–H and O–H groups in total. The molecule has 40 heavy (non-hydrogen) atoms. The third kappa shape index (κ3) is 4.44. The van der Waals surface area contributed by atoms with E-state index in [1.54, 1.807) is 12.3 Å². The van der Waals surface area contributed by atoms with Gasteiger partial charge < -0.3 is 0 Å². The minimum Gasteiger partial charge on any atom is -0.0587 e. The van der Waals surface area contributed by atoms with E-state index < -0.39 is 13.3 Å². The van der Waals surface area contributed by atoms with Crippen molar-refractivity contribution in [2.24, 2.45) is 7.05 Å². The van der Waals surface area contributed by atoms with Crippen LogP contribution < -0.4 is 8.96 Å². The number of benzene rings is 4. The van der Waals surface area contributed by atoms with Gasteiger partial charge in [-0.1, -0.05) is 29.8 Å². The van der Waals surface area contributed by atoms with Crippen LogP contribution >= 0.6 is 0 Å². The summed E-state index contributed by atoms with van der Waals surface area (Å²) in [5, 5.41) is 1.77. The summed E-state index contributed by atoms with van der Waals surface area (Å²) in [6.07, 6.45) is 1.57. The Morgan fingerprint density at radius 2 is 1.20 bits per heavy atom. The summed E-state index contributed by atoms with van der Waals surface area (Å²) in [7, 11) is 1.86. The predicted octanol–water partition coefficient (Wildman–Crippen LogP) is 8.85. The number of aromatic nitrogens is 1. The van der Waals surface area contributed by atoms with Crippen LogP contribution in [0.15, 0.2) is 89.5 Å². The smallest absolute Gasteiger partial charge is 0.0541 e. The fourth-order valence-electron chi connectivity index (χ4n) is 5.58. The summed E-state index contributed by atoms with van der Waals surface area (Å²) in [6, 6.07) is 25.7. The van der Waals surface area contributed by atoms with Gasteiger partial charge in [0.2, 0.25) is 0 Å². The standard InChI is InChI=1S/C35H32F2GeNO/c1-21-7-10-23(11-8-21)24-12-14-25(15-13-24)33-28(36)18-17-27-26-16-9-22(2)32(34(26)40-35(27)33)31-19-30(38(3,4)5)29(37)20-39(31)6/h7-20H,1-6H3/q+1. The van der Waals surface area contributed by atoms with Crippen LogP contribution in [0, 0.1) is 25.5 Å². The first kappa shape index (κ1) is 26.5. The first-order valence-electron chi connectivity index (χ1n) is 13.5. The van der Waals surface area contributed by atoms with Gasteiger partial charge in [-0.15, -0.1) is 0 Å². The predicted molar refractivity (Wildman–Crippen MR) is 164 cm³/mol. The second-order valence-electron chi connectivity index (χ2n) is 11.8. The average molecular weight is 593 g/mol. The van der Waals surface area contributed by atoms with Gasteiger partial charge in [0.25, 0.3) is 0 Å². The Hall–Kier alpha value is -3.77. The molecular formula is C35H32F2GeNO+. The van der Waals surface area contributed by atoms with Crippen molar-refractivity contribution in [1.29, 1.82) is 0 Å². The van der Waals surface area contributed by atoms with E-state index in [2.05, 4.69) is 54.5 Å². The van der Waals surface area contributed by atoms with Crippen molar-refractivity contribution >= 4 is 39.6 Å². The molecular weight excluding hydrogens is 561 g/mol. The SMILES string of the molecule is Cc1ccc(-c2ccc(-c3c(F)ccc4c3oc3c(-c5c[c]([Ge]([CH3])([CH3])[CH3])c(F)c[n+]5C)c(C)ccc34)cc2)cc1. The van der Waals surface area contributed by atoms with Crippen LogP contribution in [0.1, 0.15) is 11.1 Å². The zero-order valence-corrected chi connectivity index (χ0v) is 25.8. The van der Waals surface area contributed by atoms with Crippen molar-refractivity contribution in [1.82, 2.24) is 0 Å². The quantitative estimate of drug-likeness (QED) is 0.148. The molecule has 0 radical (unpaired) electrons. The number of rotatable bonds is 4. The molecule has 2 heterocycles. The van der Waals surface area contributed by atoms with E-state index >= 15 is 8.78 Å². The largest absolute Gasteiger partial charge is 0.0587 e. The van der Waals surface area contributed by atoms with Crippen molar-refractivity contribution in [3.63, 3.8) is 0 Å². The molecule has 0 bridgehead atoms. The summed E-state index contributed by atoms with van der Waals surface area (Å²) in [5.74, 6) is 6.08. The molecule has 0 fully saturated rings. The fourth-order valence-corrected chi connectivity index (χ4v) is 8.41. The van der Waals surface area contributed by atoms with Gasteiger partial charge in [0.1, 0.15) is 0 Å². The molecule has 4 aromatic carbocycles. The van der Waals surface area contributed by atoms with Gasteiger partial charge in [-0.05, 0) is 12.5 Å². The molecule has 2 aromatic heterocycles. The van der Waals surface area contributed by atoms with Gasteiger partial charge in [0.15, 0.2) is 0 Å². The summed E-state index contributed by atoms with van der Waals surface area (Å²) in [5.41, 5.74) is 8.62. The molecule has 0 saturated heterocycles. The minimum absolute atomic E-state index is 0.161. The summed E-state index contributed by atoms with van der Waals surface area (Å²) in [6.45, 7) is 4.10. The van der Waals surface area contributed by atoms with Crippen molar-refractivity contribution in [3.8, 4) is 33.5 Å². The molecule has 0 unspecified atom stereocenters. The number of halogens is 2. The van der Waals surface area contributed by atoms with Crippen molar-refractivity contribution in [2.45, 2.75) is 31.1 Å². The van der Waals surface area contributed by atoms with Gasteiger partial charge in [-0.25, -0.2) is 0 Å². The molecule has 200 valence electrons. The average Bonchev–Trinajstić information content (AvgIpc) is 3.27. The molecule has 0 spiro atoms. The van der Waals surface area contributed by atoms with Gasteiger partial charge in [-0.3, -0.25) is 0 Å². The van der Waals surface area contributed by atoms with Crippen LogP contribution in [-0.4, -0.2) is 13.3 Å². The Morgan fingerprint density at radius 1 is 0.650 bits per heavy atom. The molecule has 2 nitrogen and oxygen atoms in total. The van der Waals surface area contributed by atoms with E-state index in [1.165, 1.54) is 11.6 Å². The zero-order chi connectivity index (χ0) is 28.3. The summed E-state index contributed by atoms with van der Waals surface area (Å²) < 4.78 is 39.8. The number of furan rings is 1. The first-order chi connectivity index (χ1) is 19.0. The van der Waals surface area contributed by atoms with Crippen LogP contribution in [0.25, 0.3) is 55.4 Å². The minimum atomic E-state index is -2.49. The maximum atomic E-state index is 15.5. The molecule has 6 rings (SSSR count). The molecule has 0 aliphatic heterocycles. The molecule has 0 amide bonds. The summed E-state index contributed by atoms with van der Waals surface area (Å²) in [4.78, 5) is 0. The van der Waals surface area contributed by atoms with E-state index in [-0.39, 0.29) is 11.6 Å². The molecule has 6 aromatic rings. The zero-order valence-electron chi connectivity index (χ0n) is 23.7. The summed E-state index contributed by atoms with van der Waals surface area (Å²) >= 11 is -2.49. The maximum Gasteiger partial charge on any atom is -0.0541 e. The van der Waals surface area contributed by atoms with Crippen molar-refractivity contribution in [3.05, 3.63) is 108 Å². The van der Waals surface area contributed by atoms with E-state index in [0.29, 0.717) is 16.7 Å². The first-order valence-corrected chi connectivity index (χ1v) is 20.9. The van der Waals surface area contributed by atoms with Gasteiger partial charge in [0, 0.05) is 0 Å². The third-order valence-electron chi connectivity index (χ3n) is 7.82. The van der Waals surface area contributed by atoms with Crippen LogP contribution in [0.4, 0.5) is 8.78 Å². The monoisotopic (exact) mass is 594 g/mol. The number of hydrogen-bond acceptors (Lipinski definition) is 1. The number of pyridine rings is 1. The molecule has 5 heteroatoms. The Balaban J connectivity index is 1.56. The van der Waals surface area contributed by atoms with Crippen molar-refractivity contribution in [2.75, 3.05) is 0 Å². The number of aryl methyl sites for hydroxylation is 3. The van der Waals surface area contributed by atoms with E-state index in [0.717, 1.165) is 48.7 Å². The molecule has 0 saturated carbocycles. The maximum absolute atomic E-state index is 15.5. The molecule has 0 atom stereocenters. The van der Waals surface area contributed by atoms with Crippen LogP contribution in [0.3, 0.4) is 0 Å². The van der Waals surface area contributed by atoms with Crippen LogP contribution in [-0.2, 0) is 7.05 Å². The van der Waals surface area contributed by atoms with Gasteiger partial charge in [-0.2, -0.15) is 0 Å². The van der Waals surface area contributed by atoms with Crippen molar-refractivity contribution < 1.29 is 17.8 Å². The molecule has 0 aliphatic rings. The van der Waals surface area contributed by atoms with Gasteiger partial charge in [0.05, 0.1) is 0 Å². The normalized spacial score (nSPS) is 12.0. The second-order valence-corrected chi connectivity index (χ2v) is 22.3. The Bertz CT molecular complexity index is 1910. The van der Waals surface area contributed by atoms with Crippen LogP contribution in [0.2, 0.25) is 17.3 Å². The van der Waals surface area contributed by atoms with E-state index in [1.807, 2.05) is 54.9 Å². The van der Waals surface area contributed by atoms with Gasteiger partial charge >= 0.3 is 195 Å². The third-order valence-corrected chi connectivity index (χ3v) is 12.0. The van der Waals surface area contributed by atoms with E-state index in [9.17, 15) is 0 Å². The fraction of sp³-hybridized carbons (Fsp3) is 0.171. The van der Waals surface area contributed by atoms with E-state index in [4.69, 9.17) is 4.42 Å². The number of hydrogen-bond donors (Lipinski definition) is 0. The second kappa shape index (κ2) is 9.70. The number of fused-ring (bicyclic) bond motifs is 3. The Morgan fingerprint density at radius 3 is 1.82 bits per heavy atom. The molecule has 0 aliphatic carbocycles. The Kier molecular flexibility index (Phi) is 6.42. The number of nitrogens with zero attached hydrogens (tertiary/aromatic N) is 1.